The fourth-order valence-corrected chi connectivity index (χ4v) is 4.70. The lowest BCUT2D eigenvalue weighted by Gasteiger charge is -2.28. The normalized spacial score (nSPS) is 14.9. The molecule has 1 aliphatic carbocycles. The highest BCUT2D eigenvalue weighted by molar-refractivity contribution is 6.31. The molecule has 0 radical (unpaired) electrons. The molecule has 0 spiro atoms. The molecule has 0 saturated heterocycles. The molecule has 4 N–H and O–H groups in total. The SMILES string of the molecule is Cc1cc(C)c(NC(=O)Nc2cc(Cl)ccc2C(=O)NC(C(=O)O)C2CCCCC2)c(C)c1. The Morgan fingerprint density at radius 2 is 1.61 bits per heavy atom. The first kappa shape index (κ1) is 24.6. The maximum Gasteiger partial charge on any atom is 0.326 e. The van der Waals surface area contributed by atoms with E-state index >= 15 is 0 Å². The average Bonchev–Trinajstić information content (AvgIpc) is 2.75. The Balaban J connectivity index is 1.79. The minimum atomic E-state index is -1.05. The van der Waals surface area contributed by atoms with Gasteiger partial charge in [-0.15, -0.1) is 0 Å². The summed E-state index contributed by atoms with van der Waals surface area (Å²) in [6, 6.07) is 6.92. The van der Waals surface area contributed by atoms with Gasteiger partial charge in [0.05, 0.1) is 11.3 Å². The van der Waals surface area contributed by atoms with Crippen LogP contribution in [0.25, 0.3) is 0 Å². The fourth-order valence-electron chi connectivity index (χ4n) is 4.53. The van der Waals surface area contributed by atoms with Gasteiger partial charge in [-0.05, 0) is 68.9 Å². The van der Waals surface area contributed by atoms with Crippen LogP contribution in [-0.2, 0) is 4.79 Å². The highest BCUT2D eigenvalue weighted by Gasteiger charge is 2.31. The molecule has 0 aliphatic heterocycles. The smallest absolute Gasteiger partial charge is 0.326 e. The number of amides is 3. The van der Waals surface area contributed by atoms with E-state index in [9.17, 15) is 19.5 Å². The van der Waals surface area contributed by atoms with Crippen LogP contribution in [0.3, 0.4) is 0 Å². The molecule has 3 rings (SSSR count). The molecule has 2 aromatic carbocycles. The number of urea groups is 1. The van der Waals surface area contributed by atoms with E-state index in [1.54, 1.807) is 0 Å². The summed E-state index contributed by atoms with van der Waals surface area (Å²) in [5.74, 6) is -1.73. The van der Waals surface area contributed by atoms with Crippen LogP contribution in [0.1, 0.15) is 59.2 Å². The summed E-state index contributed by atoms with van der Waals surface area (Å²) in [5.41, 5.74) is 3.97. The van der Waals surface area contributed by atoms with E-state index in [1.807, 2.05) is 32.9 Å². The Morgan fingerprint density at radius 3 is 2.21 bits per heavy atom. The number of anilines is 2. The van der Waals surface area contributed by atoms with E-state index < -0.39 is 23.9 Å². The molecular weight excluding hydrogens is 442 g/mol. The third-order valence-electron chi connectivity index (χ3n) is 6.06. The molecule has 0 aromatic heterocycles. The number of benzene rings is 2. The topological polar surface area (TPSA) is 108 Å². The van der Waals surface area contributed by atoms with Crippen LogP contribution in [0.2, 0.25) is 5.02 Å². The van der Waals surface area contributed by atoms with Crippen LogP contribution in [0.5, 0.6) is 0 Å². The molecule has 0 heterocycles. The van der Waals surface area contributed by atoms with Gasteiger partial charge in [-0.2, -0.15) is 0 Å². The average molecular weight is 472 g/mol. The van der Waals surface area contributed by atoms with Crippen molar-refractivity contribution >= 4 is 40.9 Å². The molecule has 7 nitrogen and oxygen atoms in total. The van der Waals surface area contributed by atoms with Gasteiger partial charge in [-0.3, -0.25) is 4.79 Å². The lowest BCUT2D eigenvalue weighted by molar-refractivity contribution is -0.141. The number of nitrogens with one attached hydrogen (secondary N) is 3. The minimum Gasteiger partial charge on any atom is -0.480 e. The summed E-state index contributed by atoms with van der Waals surface area (Å²) in [7, 11) is 0. The number of hydrogen-bond acceptors (Lipinski definition) is 3. The second-order valence-electron chi connectivity index (χ2n) is 8.73. The summed E-state index contributed by atoms with van der Waals surface area (Å²) in [6.45, 7) is 5.80. The van der Waals surface area contributed by atoms with E-state index in [0.29, 0.717) is 10.7 Å². The van der Waals surface area contributed by atoms with Crippen molar-refractivity contribution in [2.24, 2.45) is 5.92 Å². The molecule has 1 saturated carbocycles. The first-order chi connectivity index (χ1) is 15.7. The van der Waals surface area contributed by atoms with E-state index in [0.717, 1.165) is 48.8 Å². The summed E-state index contributed by atoms with van der Waals surface area (Å²) >= 11 is 6.11. The Kier molecular flexibility index (Phi) is 7.97. The highest BCUT2D eigenvalue weighted by Crippen LogP contribution is 2.28. The molecule has 1 unspecified atom stereocenters. The van der Waals surface area contributed by atoms with Gasteiger partial charge in [0.2, 0.25) is 0 Å². The van der Waals surface area contributed by atoms with Crippen LogP contribution >= 0.6 is 11.6 Å². The third kappa shape index (κ3) is 6.26. The summed E-state index contributed by atoms with van der Waals surface area (Å²) in [4.78, 5) is 37.6. The number of aliphatic carboxylic acids is 1. The van der Waals surface area contributed by atoms with Gasteiger partial charge in [-0.25, -0.2) is 9.59 Å². The molecule has 3 amide bonds. The first-order valence-electron chi connectivity index (χ1n) is 11.1. The summed E-state index contributed by atoms with van der Waals surface area (Å²) in [5, 5.41) is 18.2. The zero-order valence-corrected chi connectivity index (χ0v) is 19.9. The number of halogens is 1. The molecule has 176 valence electrons. The first-order valence-corrected chi connectivity index (χ1v) is 11.5. The monoisotopic (exact) mass is 471 g/mol. The molecule has 8 heteroatoms. The number of carboxylic acid groups (broad SMARTS) is 1. The van der Waals surface area contributed by atoms with Gasteiger partial charge < -0.3 is 21.1 Å². The van der Waals surface area contributed by atoms with Gasteiger partial charge in [0.1, 0.15) is 6.04 Å². The fraction of sp³-hybridized carbons (Fsp3) is 0.400. The predicted molar refractivity (Wildman–Crippen MR) is 130 cm³/mol. The van der Waals surface area contributed by atoms with E-state index in [2.05, 4.69) is 16.0 Å². The maximum atomic E-state index is 13.0. The second kappa shape index (κ2) is 10.7. The number of rotatable bonds is 6. The number of carboxylic acids is 1. The summed E-state index contributed by atoms with van der Waals surface area (Å²) < 4.78 is 0. The molecule has 1 fully saturated rings. The molecule has 33 heavy (non-hydrogen) atoms. The van der Waals surface area contributed by atoms with Gasteiger partial charge in [0.25, 0.3) is 5.91 Å². The Hall–Kier alpha value is -3.06. The van der Waals surface area contributed by atoms with Crippen LogP contribution in [0.15, 0.2) is 30.3 Å². The van der Waals surface area contributed by atoms with Gasteiger partial charge in [0, 0.05) is 10.7 Å². The van der Waals surface area contributed by atoms with E-state index in [-0.39, 0.29) is 17.2 Å². The molecule has 0 bridgehead atoms. The maximum absolute atomic E-state index is 13.0. The van der Waals surface area contributed by atoms with Crippen LogP contribution < -0.4 is 16.0 Å². The minimum absolute atomic E-state index is 0.111. The van der Waals surface area contributed by atoms with Crippen molar-refractivity contribution < 1.29 is 19.5 Å². The standard InChI is InChI=1S/C25H30ClN3O4/c1-14-11-15(2)21(16(3)12-14)29-25(33)27-20-13-18(26)9-10-19(20)23(30)28-22(24(31)32)17-7-5-4-6-8-17/h9-13,17,22H,4-8H2,1-3H3,(H,28,30)(H,31,32)(H2,27,29,33). The Bertz CT molecular complexity index is 1040. The van der Waals surface area contributed by atoms with Crippen LogP contribution in [0, 0.1) is 26.7 Å². The Morgan fingerprint density at radius 1 is 0.970 bits per heavy atom. The van der Waals surface area contributed by atoms with E-state index in [4.69, 9.17) is 11.6 Å². The zero-order valence-electron chi connectivity index (χ0n) is 19.1. The number of carbonyl (C=O) groups is 3. The largest absolute Gasteiger partial charge is 0.480 e. The van der Waals surface area contributed by atoms with Crippen molar-refractivity contribution in [1.29, 1.82) is 0 Å². The summed E-state index contributed by atoms with van der Waals surface area (Å²) in [6.07, 6.45) is 4.52. The zero-order chi connectivity index (χ0) is 24.1. The predicted octanol–water partition coefficient (Wildman–Crippen LogP) is 5.67. The number of aryl methyl sites for hydroxylation is 3. The second-order valence-corrected chi connectivity index (χ2v) is 9.17. The molecular formula is C25H30ClN3O4. The van der Waals surface area contributed by atoms with Crippen molar-refractivity contribution in [3.63, 3.8) is 0 Å². The molecule has 2 aromatic rings. The van der Waals surface area contributed by atoms with Crippen molar-refractivity contribution in [3.8, 4) is 0 Å². The number of carbonyl (C=O) groups excluding carboxylic acids is 2. The lowest BCUT2D eigenvalue weighted by Crippen LogP contribution is -2.46. The van der Waals surface area contributed by atoms with Gasteiger partial charge in [0.15, 0.2) is 0 Å². The quantitative estimate of drug-likeness (QED) is 0.435. The Labute approximate surface area is 198 Å². The van der Waals surface area contributed by atoms with Gasteiger partial charge in [-0.1, -0.05) is 48.6 Å². The van der Waals surface area contributed by atoms with E-state index in [1.165, 1.54) is 18.2 Å². The van der Waals surface area contributed by atoms with Crippen molar-refractivity contribution in [1.82, 2.24) is 5.32 Å². The third-order valence-corrected chi connectivity index (χ3v) is 6.30. The lowest BCUT2D eigenvalue weighted by atomic mass is 9.84. The van der Waals surface area contributed by atoms with Crippen molar-refractivity contribution in [2.45, 2.75) is 58.9 Å². The number of hydrogen-bond donors (Lipinski definition) is 4. The van der Waals surface area contributed by atoms with Crippen molar-refractivity contribution in [3.05, 3.63) is 57.6 Å². The van der Waals surface area contributed by atoms with Crippen LogP contribution in [-0.4, -0.2) is 29.1 Å². The molecule has 1 atom stereocenters. The van der Waals surface area contributed by atoms with Crippen LogP contribution in [0.4, 0.5) is 16.2 Å². The van der Waals surface area contributed by atoms with Crippen molar-refractivity contribution in [2.75, 3.05) is 10.6 Å². The molecule has 1 aliphatic rings. The highest BCUT2D eigenvalue weighted by atomic mass is 35.5. The van der Waals surface area contributed by atoms with Gasteiger partial charge >= 0.3 is 12.0 Å².